The number of nitrogens with zero attached hydrogens (tertiary/aromatic N) is 2. The van der Waals surface area contributed by atoms with Crippen LogP contribution in [0.1, 0.15) is 25.6 Å². The lowest BCUT2D eigenvalue weighted by Gasteiger charge is -2.19. The number of hydrogen-bond donors (Lipinski definition) is 1. The Kier molecular flexibility index (Phi) is 3.68. The average Bonchev–Trinajstić information content (AvgIpc) is 2.62. The summed E-state index contributed by atoms with van der Waals surface area (Å²) in [6, 6.07) is 0. The molecule has 0 aliphatic carbocycles. The van der Waals surface area contributed by atoms with E-state index in [1.54, 1.807) is 6.92 Å². The van der Waals surface area contributed by atoms with Gasteiger partial charge in [0.1, 0.15) is 5.88 Å². The maximum absolute atomic E-state index is 11.0. The van der Waals surface area contributed by atoms with Gasteiger partial charge in [-0.25, -0.2) is 0 Å². The van der Waals surface area contributed by atoms with Crippen LogP contribution in [0, 0.1) is 6.92 Å². The molecular weight excluding hydrogens is 218 g/mol. The van der Waals surface area contributed by atoms with Crippen LogP contribution in [0.15, 0.2) is 4.52 Å². The maximum Gasteiger partial charge on any atom is 0.234 e. The van der Waals surface area contributed by atoms with Crippen molar-refractivity contribution in [2.45, 2.75) is 26.2 Å². The minimum absolute atomic E-state index is 0.0427. The van der Waals surface area contributed by atoms with Crippen LogP contribution in [-0.4, -0.2) is 28.5 Å². The van der Waals surface area contributed by atoms with Crippen LogP contribution in [0.3, 0.4) is 0 Å². The van der Waals surface area contributed by atoms with Gasteiger partial charge in [0.2, 0.25) is 11.8 Å². The lowest BCUT2D eigenvalue weighted by atomic mass is 9.93. The van der Waals surface area contributed by atoms with Crippen molar-refractivity contribution in [3.8, 4) is 0 Å². The van der Waals surface area contributed by atoms with Crippen molar-refractivity contribution in [1.29, 1.82) is 0 Å². The number of carbonyl (C=O) groups is 1. The molecular formula is C9H14ClN3O2. The number of halogens is 1. The van der Waals surface area contributed by atoms with E-state index in [9.17, 15) is 4.79 Å². The lowest BCUT2D eigenvalue weighted by Crippen LogP contribution is -2.37. The molecule has 0 aliphatic rings. The summed E-state index contributed by atoms with van der Waals surface area (Å²) < 4.78 is 5.05. The summed E-state index contributed by atoms with van der Waals surface area (Å²) in [5.41, 5.74) is -0.386. The second-order valence-corrected chi connectivity index (χ2v) is 4.21. The highest BCUT2D eigenvalue weighted by atomic mass is 35.5. The molecule has 84 valence electrons. The number of carbonyl (C=O) groups excluding carboxylic acids is 1. The van der Waals surface area contributed by atoms with Gasteiger partial charge in [0.25, 0.3) is 0 Å². The highest BCUT2D eigenvalue weighted by Crippen LogP contribution is 2.19. The van der Waals surface area contributed by atoms with Crippen LogP contribution in [0.2, 0.25) is 0 Å². The molecule has 0 saturated carbocycles. The first-order valence-electron chi connectivity index (χ1n) is 4.59. The Bertz CT molecular complexity index is 349. The summed E-state index contributed by atoms with van der Waals surface area (Å²) in [4.78, 5) is 15.1. The van der Waals surface area contributed by atoms with Crippen LogP contribution in [-0.2, 0) is 10.2 Å². The molecule has 1 rings (SSSR count). The minimum Gasteiger partial charge on any atom is -0.354 e. The van der Waals surface area contributed by atoms with Gasteiger partial charge in [-0.05, 0) is 20.8 Å². The van der Waals surface area contributed by atoms with Crippen molar-refractivity contribution in [1.82, 2.24) is 15.5 Å². The summed E-state index contributed by atoms with van der Waals surface area (Å²) >= 11 is 5.37. The third kappa shape index (κ3) is 3.20. The Morgan fingerprint density at radius 2 is 2.27 bits per heavy atom. The van der Waals surface area contributed by atoms with Crippen LogP contribution in [0.5, 0.6) is 0 Å². The Hall–Kier alpha value is -1.10. The molecule has 0 bridgehead atoms. The van der Waals surface area contributed by atoms with Gasteiger partial charge < -0.3 is 9.84 Å². The number of aryl methyl sites for hydroxylation is 1. The number of nitrogens with one attached hydrogen (secondary N) is 1. The first-order chi connectivity index (χ1) is 6.95. The van der Waals surface area contributed by atoms with E-state index < -0.39 is 0 Å². The number of amides is 1. The van der Waals surface area contributed by atoms with Crippen LogP contribution in [0.4, 0.5) is 0 Å². The van der Waals surface area contributed by atoms with Gasteiger partial charge in [-0.15, -0.1) is 11.6 Å². The van der Waals surface area contributed by atoms with Crippen molar-refractivity contribution in [2.24, 2.45) is 0 Å². The zero-order chi connectivity index (χ0) is 11.5. The van der Waals surface area contributed by atoms with Crippen molar-refractivity contribution in [3.63, 3.8) is 0 Å². The Balaban J connectivity index is 2.63. The molecule has 1 aromatic rings. The zero-order valence-electron chi connectivity index (χ0n) is 9.00. The molecule has 0 radical (unpaired) electrons. The first kappa shape index (κ1) is 12.0. The van der Waals surface area contributed by atoms with Crippen LogP contribution in [0.25, 0.3) is 0 Å². The standard InChI is InChI=1S/C9H14ClN3O2/c1-6-12-8(15-13-6)9(2,3)5-11-7(14)4-10/h4-5H2,1-3H3,(H,11,14). The fourth-order valence-corrected chi connectivity index (χ4v) is 1.11. The predicted molar refractivity (Wildman–Crippen MR) is 55.8 cm³/mol. The molecule has 6 heteroatoms. The molecule has 1 amide bonds. The smallest absolute Gasteiger partial charge is 0.234 e. The highest BCUT2D eigenvalue weighted by molar-refractivity contribution is 6.27. The molecule has 0 fully saturated rings. The van der Waals surface area contributed by atoms with Crippen LogP contribution < -0.4 is 5.32 Å². The van der Waals surface area contributed by atoms with E-state index in [1.165, 1.54) is 0 Å². The monoisotopic (exact) mass is 231 g/mol. The second-order valence-electron chi connectivity index (χ2n) is 3.94. The van der Waals surface area contributed by atoms with Gasteiger partial charge in [-0.2, -0.15) is 4.98 Å². The van der Waals surface area contributed by atoms with Crippen molar-refractivity contribution < 1.29 is 9.32 Å². The molecule has 0 atom stereocenters. The average molecular weight is 232 g/mol. The number of alkyl halides is 1. The van der Waals surface area contributed by atoms with Gasteiger partial charge in [0.15, 0.2) is 5.82 Å². The molecule has 0 aromatic carbocycles. The van der Waals surface area contributed by atoms with E-state index in [2.05, 4.69) is 15.5 Å². The zero-order valence-corrected chi connectivity index (χ0v) is 9.76. The first-order valence-corrected chi connectivity index (χ1v) is 5.12. The normalized spacial score (nSPS) is 11.5. The summed E-state index contributed by atoms with van der Waals surface area (Å²) in [5.74, 6) is 0.844. The van der Waals surface area contributed by atoms with Gasteiger partial charge in [0.05, 0.1) is 5.41 Å². The van der Waals surface area contributed by atoms with Crippen LogP contribution >= 0.6 is 11.6 Å². The molecule has 0 unspecified atom stereocenters. The Labute approximate surface area is 93.2 Å². The second kappa shape index (κ2) is 4.61. The highest BCUT2D eigenvalue weighted by Gasteiger charge is 2.27. The van der Waals surface area contributed by atoms with E-state index >= 15 is 0 Å². The van der Waals surface area contributed by atoms with E-state index in [0.717, 1.165) is 0 Å². The van der Waals surface area contributed by atoms with Gasteiger partial charge in [0, 0.05) is 6.54 Å². The van der Waals surface area contributed by atoms with E-state index in [-0.39, 0.29) is 17.2 Å². The van der Waals surface area contributed by atoms with Gasteiger partial charge in [-0.1, -0.05) is 5.16 Å². The van der Waals surface area contributed by atoms with Crippen molar-refractivity contribution in [2.75, 3.05) is 12.4 Å². The number of hydrogen-bond acceptors (Lipinski definition) is 4. The van der Waals surface area contributed by atoms with Gasteiger partial charge in [-0.3, -0.25) is 4.79 Å². The summed E-state index contributed by atoms with van der Waals surface area (Å²) in [7, 11) is 0. The van der Waals surface area contributed by atoms with E-state index in [1.807, 2.05) is 13.8 Å². The number of rotatable bonds is 4. The molecule has 1 N–H and O–H groups in total. The summed E-state index contributed by atoms with van der Waals surface area (Å²) in [5, 5.41) is 6.39. The fraction of sp³-hybridized carbons (Fsp3) is 0.667. The molecule has 0 spiro atoms. The Morgan fingerprint density at radius 1 is 1.60 bits per heavy atom. The van der Waals surface area contributed by atoms with Crippen molar-refractivity contribution in [3.05, 3.63) is 11.7 Å². The molecule has 1 heterocycles. The largest absolute Gasteiger partial charge is 0.354 e. The molecule has 0 aliphatic heterocycles. The van der Waals surface area contributed by atoms with Crippen molar-refractivity contribution >= 4 is 17.5 Å². The quantitative estimate of drug-likeness (QED) is 0.786. The fourth-order valence-electron chi connectivity index (χ4n) is 1.01. The van der Waals surface area contributed by atoms with E-state index in [4.69, 9.17) is 16.1 Å². The SMILES string of the molecule is Cc1noc(C(C)(C)CNC(=O)CCl)n1. The summed E-state index contributed by atoms with van der Waals surface area (Å²) in [6.07, 6.45) is 0. The maximum atomic E-state index is 11.0. The predicted octanol–water partition coefficient (Wildman–Crippen LogP) is 1.01. The lowest BCUT2D eigenvalue weighted by molar-refractivity contribution is -0.118. The number of aromatic nitrogens is 2. The van der Waals surface area contributed by atoms with Gasteiger partial charge >= 0.3 is 0 Å². The molecule has 1 aromatic heterocycles. The molecule has 15 heavy (non-hydrogen) atoms. The topological polar surface area (TPSA) is 68.0 Å². The third-order valence-electron chi connectivity index (χ3n) is 1.96. The molecule has 0 saturated heterocycles. The Morgan fingerprint density at radius 3 is 2.73 bits per heavy atom. The van der Waals surface area contributed by atoms with E-state index in [0.29, 0.717) is 18.3 Å². The molecule has 5 nitrogen and oxygen atoms in total. The third-order valence-corrected chi connectivity index (χ3v) is 2.20. The minimum atomic E-state index is -0.386. The summed E-state index contributed by atoms with van der Waals surface area (Å²) in [6.45, 7) is 5.99.